The summed E-state index contributed by atoms with van der Waals surface area (Å²) < 4.78 is 16.2. The van der Waals surface area contributed by atoms with Crippen molar-refractivity contribution in [1.82, 2.24) is 0 Å². The normalized spacial score (nSPS) is 10.3. The second kappa shape index (κ2) is 9.47. The predicted molar refractivity (Wildman–Crippen MR) is 75.2 cm³/mol. The summed E-state index contributed by atoms with van der Waals surface area (Å²) in [7, 11) is 0. The van der Waals surface area contributed by atoms with E-state index in [1.807, 2.05) is 32.0 Å². The van der Waals surface area contributed by atoms with E-state index in [2.05, 4.69) is 5.32 Å². The number of nitrogens with one attached hydrogen (secondary N) is 1. The van der Waals surface area contributed by atoms with Crippen LogP contribution in [-0.2, 0) is 4.74 Å². The Bertz CT molecular complexity index is 357. The van der Waals surface area contributed by atoms with E-state index in [4.69, 9.17) is 19.3 Å². The van der Waals surface area contributed by atoms with E-state index in [1.54, 1.807) is 0 Å². The van der Waals surface area contributed by atoms with E-state index in [9.17, 15) is 0 Å². The van der Waals surface area contributed by atoms with E-state index >= 15 is 0 Å². The second-order valence-electron chi connectivity index (χ2n) is 3.79. The van der Waals surface area contributed by atoms with Crippen molar-refractivity contribution in [3.63, 3.8) is 0 Å². The third kappa shape index (κ3) is 5.81. The Kier molecular flexibility index (Phi) is 7.77. The summed E-state index contributed by atoms with van der Waals surface area (Å²) >= 11 is 0. The van der Waals surface area contributed by atoms with E-state index in [0.717, 1.165) is 17.2 Å². The zero-order valence-electron chi connectivity index (χ0n) is 11.6. The molecule has 2 N–H and O–H groups in total. The Morgan fingerprint density at radius 1 is 1.05 bits per heavy atom. The third-order valence-corrected chi connectivity index (χ3v) is 2.35. The van der Waals surface area contributed by atoms with Crippen LogP contribution in [0.1, 0.15) is 13.8 Å². The van der Waals surface area contributed by atoms with Gasteiger partial charge in [0.05, 0.1) is 33.0 Å². The summed E-state index contributed by atoms with van der Waals surface area (Å²) in [6.45, 7) is 6.76. The molecule has 108 valence electrons. The van der Waals surface area contributed by atoms with Gasteiger partial charge in [-0.1, -0.05) is 0 Å². The van der Waals surface area contributed by atoms with Crippen molar-refractivity contribution in [3.8, 4) is 11.5 Å². The number of aliphatic hydroxyl groups excluding tert-OH is 1. The molecule has 0 aliphatic rings. The van der Waals surface area contributed by atoms with Crippen molar-refractivity contribution < 1.29 is 19.3 Å². The first kappa shape index (κ1) is 15.6. The minimum Gasteiger partial charge on any atom is -0.490 e. The van der Waals surface area contributed by atoms with Gasteiger partial charge in [0.15, 0.2) is 11.5 Å². The zero-order valence-corrected chi connectivity index (χ0v) is 11.6. The fraction of sp³-hybridized carbons (Fsp3) is 0.571. The highest BCUT2D eigenvalue weighted by Gasteiger charge is 2.05. The molecule has 0 saturated carbocycles. The Labute approximate surface area is 114 Å². The SMILES string of the molecule is CCOc1ccc(NCCOCCO)cc1OCC. The van der Waals surface area contributed by atoms with Gasteiger partial charge >= 0.3 is 0 Å². The standard InChI is InChI=1S/C14H23NO4/c1-3-18-13-6-5-12(11-14(13)19-4-2)15-7-9-17-10-8-16/h5-6,11,15-16H,3-4,7-10H2,1-2H3. The van der Waals surface area contributed by atoms with Crippen LogP contribution in [0.5, 0.6) is 11.5 Å². The highest BCUT2D eigenvalue weighted by molar-refractivity contribution is 5.54. The topological polar surface area (TPSA) is 60.0 Å². The highest BCUT2D eigenvalue weighted by atomic mass is 16.5. The lowest BCUT2D eigenvalue weighted by Crippen LogP contribution is -2.11. The van der Waals surface area contributed by atoms with Gasteiger partial charge in [0, 0.05) is 18.3 Å². The highest BCUT2D eigenvalue weighted by Crippen LogP contribution is 2.30. The zero-order chi connectivity index (χ0) is 13.9. The summed E-state index contributed by atoms with van der Waals surface area (Å²) in [6, 6.07) is 5.76. The Morgan fingerprint density at radius 3 is 2.47 bits per heavy atom. The lowest BCUT2D eigenvalue weighted by Gasteiger charge is -2.13. The molecule has 0 unspecified atom stereocenters. The predicted octanol–water partition coefficient (Wildman–Crippen LogP) is 1.90. The molecule has 0 spiro atoms. The lowest BCUT2D eigenvalue weighted by molar-refractivity contribution is 0.0992. The van der Waals surface area contributed by atoms with Crippen molar-refractivity contribution in [2.24, 2.45) is 0 Å². The van der Waals surface area contributed by atoms with Crippen LogP contribution < -0.4 is 14.8 Å². The molecule has 0 heterocycles. The average Bonchev–Trinajstić information content (AvgIpc) is 2.42. The van der Waals surface area contributed by atoms with Crippen LogP contribution >= 0.6 is 0 Å². The monoisotopic (exact) mass is 269 g/mol. The van der Waals surface area contributed by atoms with Gasteiger partial charge < -0.3 is 24.6 Å². The fourth-order valence-electron chi connectivity index (χ4n) is 1.60. The summed E-state index contributed by atoms with van der Waals surface area (Å²) in [4.78, 5) is 0. The number of aliphatic hydroxyl groups is 1. The van der Waals surface area contributed by atoms with E-state index in [-0.39, 0.29) is 6.61 Å². The van der Waals surface area contributed by atoms with Gasteiger partial charge in [0.25, 0.3) is 0 Å². The van der Waals surface area contributed by atoms with Gasteiger partial charge in [-0.15, -0.1) is 0 Å². The van der Waals surface area contributed by atoms with Crippen LogP contribution in [0.2, 0.25) is 0 Å². The fourth-order valence-corrected chi connectivity index (χ4v) is 1.60. The van der Waals surface area contributed by atoms with Crippen LogP contribution in [-0.4, -0.2) is 44.7 Å². The molecule has 1 rings (SSSR count). The summed E-state index contributed by atoms with van der Waals surface area (Å²) in [5, 5.41) is 11.8. The maximum Gasteiger partial charge on any atom is 0.163 e. The lowest BCUT2D eigenvalue weighted by atomic mass is 10.2. The first-order chi connectivity index (χ1) is 9.31. The van der Waals surface area contributed by atoms with Crippen molar-refractivity contribution >= 4 is 5.69 Å². The van der Waals surface area contributed by atoms with Gasteiger partial charge in [-0.05, 0) is 26.0 Å². The summed E-state index contributed by atoms with van der Waals surface area (Å²) in [5.74, 6) is 1.50. The van der Waals surface area contributed by atoms with Crippen LogP contribution in [0.25, 0.3) is 0 Å². The second-order valence-corrected chi connectivity index (χ2v) is 3.79. The molecule has 0 atom stereocenters. The van der Waals surface area contributed by atoms with Crippen molar-refractivity contribution in [2.45, 2.75) is 13.8 Å². The van der Waals surface area contributed by atoms with Gasteiger partial charge in [-0.2, -0.15) is 0 Å². The maximum absolute atomic E-state index is 8.58. The Hall–Kier alpha value is -1.46. The van der Waals surface area contributed by atoms with Gasteiger partial charge in [0.2, 0.25) is 0 Å². The molecular formula is C14H23NO4. The molecule has 0 saturated heterocycles. The van der Waals surface area contributed by atoms with Crippen LogP contribution in [0.3, 0.4) is 0 Å². The molecule has 0 fully saturated rings. The number of rotatable bonds is 10. The van der Waals surface area contributed by atoms with Crippen LogP contribution in [0, 0.1) is 0 Å². The number of benzene rings is 1. The largest absolute Gasteiger partial charge is 0.490 e. The molecule has 0 aliphatic carbocycles. The van der Waals surface area contributed by atoms with E-state index in [1.165, 1.54) is 0 Å². The molecule has 0 bridgehead atoms. The Balaban J connectivity index is 2.51. The quantitative estimate of drug-likeness (QED) is 0.635. The summed E-state index contributed by atoms with van der Waals surface area (Å²) in [5.41, 5.74) is 0.958. The third-order valence-electron chi connectivity index (χ3n) is 2.35. The molecule has 5 heteroatoms. The first-order valence-electron chi connectivity index (χ1n) is 6.63. The first-order valence-corrected chi connectivity index (χ1v) is 6.63. The molecule has 1 aromatic rings. The minimum atomic E-state index is 0.0531. The number of hydrogen-bond acceptors (Lipinski definition) is 5. The summed E-state index contributed by atoms with van der Waals surface area (Å²) in [6.07, 6.45) is 0. The van der Waals surface area contributed by atoms with Gasteiger partial charge in [0.1, 0.15) is 0 Å². The van der Waals surface area contributed by atoms with Crippen molar-refractivity contribution in [3.05, 3.63) is 18.2 Å². The number of anilines is 1. The average molecular weight is 269 g/mol. The molecule has 0 amide bonds. The minimum absolute atomic E-state index is 0.0531. The molecule has 1 aromatic carbocycles. The molecule has 5 nitrogen and oxygen atoms in total. The molecule has 19 heavy (non-hydrogen) atoms. The van der Waals surface area contributed by atoms with Crippen LogP contribution in [0.4, 0.5) is 5.69 Å². The molecular weight excluding hydrogens is 246 g/mol. The molecule has 0 aromatic heterocycles. The molecule has 0 aliphatic heterocycles. The van der Waals surface area contributed by atoms with Crippen LogP contribution in [0.15, 0.2) is 18.2 Å². The van der Waals surface area contributed by atoms with E-state index in [0.29, 0.717) is 33.0 Å². The van der Waals surface area contributed by atoms with E-state index < -0.39 is 0 Å². The van der Waals surface area contributed by atoms with Crippen molar-refractivity contribution in [1.29, 1.82) is 0 Å². The Morgan fingerprint density at radius 2 is 1.79 bits per heavy atom. The van der Waals surface area contributed by atoms with Gasteiger partial charge in [-0.3, -0.25) is 0 Å². The number of ether oxygens (including phenoxy) is 3. The maximum atomic E-state index is 8.58. The smallest absolute Gasteiger partial charge is 0.163 e. The van der Waals surface area contributed by atoms with Gasteiger partial charge in [-0.25, -0.2) is 0 Å². The molecule has 0 radical (unpaired) electrons. The number of hydrogen-bond donors (Lipinski definition) is 2. The van der Waals surface area contributed by atoms with Crippen molar-refractivity contribution in [2.75, 3.05) is 44.9 Å².